The Bertz CT molecular complexity index is 786. The van der Waals surface area contributed by atoms with E-state index in [1.807, 2.05) is 23.3 Å². The van der Waals surface area contributed by atoms with Crippen LogP contribution in [-0.2, 0) is 9.53 Å². The molecule has 0 bridgehead atoms. The van der Waals surface area contributed by atoms with Crippen molar-refractivity contribution < 1.29 is 19.0 Å². The third-order valence-electron chi connectivity index (χ3n) is 6.96. The SMILES string of the molecule is COc1cccc2c1OC(C)(C)[C@H]1C[C@@H]3CN(C(=O)[C@@H](N)CCSC)CC[C@@H]3O[C@H]21. The van der Waals surface area contributed by atoms with E-state index in [9.17, 15) is 4.79 Å². The molecule has 2 N–H and O–H groups in total. The van der Waals surface area contributed by atoms with Crippen molar-refractivity contribution in [2.75, 3.05) is 32.2 Å². The van der Waals surface area contributed by atoms with E-state index < -0.39 is 6.04 Å². The minimum Gasteiger partial charge on any atom is -0.493 e. The molecule has 0 aliphatic carbocycles. The number of amides is 1. The monoisotopic (exact) mass is 434 g/mol. The summed E-state index contributed by atoms with van der Waals surface area (Å²) in [7, 11) is 1.67. The number of fused-ring (bicyclic) bond motifs is 4. The van der Waals surface area contributed by atoms with Crippen molar-refractivity contribution in [3.63, 3.8) is 0 Å². The molecular weight excluding hydrogens is 400 g/mol. The fourth-order valence-electron chi connectivity index (χ4n) is 5.26. The second kappa shape index (κ2) is 8.60. The zero-order chi connectivity index (χ0) is 21.5. The maximum Gasteiger partial charge on any atom is 0.239 e. The predicted octanol–water partition coefficient (Wildman–Crippen LogP) is 3.24. The lowest BCUT2D eigenvalue weighted by Crippen LogP contribution is -2.57. The van der Waals surface area contributed by atoms with Crippen LogP contribution >= 0.6 is 11.8 Å². The number of nitrogens with zero attached hydrogens (tertiary/aromatic N) is 1. The Morgan fingerprint density at radius 1 is 1.43 bits per heavy atom. The molecule has 166 valence electrons. The van der Waals surface area contributed by atoms with E-state index in [0.717, 1.165) is 55.2 Å². The average molecular weight is 435 g/mol. The number of para-hydroxylation sites is 1. The Hall–Kier alpha value is -1.44. The highest BCUT2D eigenvalue weighted by atomic mass is 32.2. The number of likely N-dealkylation sites (tertiary alicyclic amines) is 1. The molecule has 1 aromatic rings. The van der Waals surface area contributed by atoms with Crippen LogP contribution in [0.15, 0.2) is 18.2 Å². The molecule has 3 heterocycles. The Morgan fingerprint density at radius 3 is 2.97 bits per heavy atom. The molecule has 7 heteroatoms. The normalized spacial score (nSPS) is 30.4. The van der Waals surface area contributed by atoms with Gasteiger partial charge in [-0.25, -0.2) is 0 Å². The van der Waals surface area contributed by atoms with Crippen molar-refractivity contribution in [2.45, 2.75) is 57.0 Å². The molecule has 1 aromatic carbocycles. The van der Waals surface area contributed by atoms with Crippen molar-refractivity contribution >= 4 is 17.7 Å². The summed E-state index contributed by atoms with van der Waals surface area (Å²) < 4.78 is 18.7. The fourth-order valence-corrected chi connectivity index (χ4v) is 5.75. The molecule has 0 spiro atoms. The van der Waals surface area contributed by atoms with Crippen LogP contribution in [0.4, 0.5) is 0 Å². The minimum atomic E-state index is -0.403. The number of carbonyl (C=O) groups is 1. The maximum atomic E-state index is 12.8. The lowest BCUT2D eigenvalue weighted by atomic mass is 9.70. The van der Waals surface area contributed by atoms with Crippen molar-refractivity contribution in [2.24, 2.45) is 17.6 Å². The number of benzene rings is 1. The molecule has 30 heavy (non-hydrogen) atoms. The van der Waals surface area contributed by atoms with E-state index in [0.29, 0.717) is 5.92 Å². The summed E-state index contributed by atoms with van der Waals surface area (Å²) in [4.78, 5) is 14.8. The molecule has 6 nitrogen and oxygen atoms in total. The molecule has 0 unspecified atom stereocenters. The smallest absolute Gasteiger partial charge is 0.239 e. The second-order valence-corrected chi connectivity index (χ2v) is 10.2. The van der Waals surface area contributed by atoms with E-state index in [1.54, 1.807) is 18.9 Å². The summed E-state index contributed by atoms with van der Waals surface area (Å²) in [5.41, 5.74) is 6.87. The van der Waals surface area contributed by atoms with Crippen LogP contribution in [0.1, 0.15) is 44.8 Å². The van der Waals surface area contributed by atoms with E-state index in [4.69, 9.17) is 19.9 Å². The number of methoxy groups -OCH3 is 1. The van der Waals surface area contributed by atoms with E-state index in [1.165, 1.54) is 0 Å². The fraction of sp³-hybridized carbons (Fsp3) is 0.696. The Kier molecular flexibility index (Phi) is 6.24. The summed E-state index contributed by atoms with van der Waals surface area (Å²) in [6.45, 7) is 5.71. The summed E-state index contributed by atoms with van der Waals surface area (Å²) in [5.74, 6) is 3.08. The molecular formula is C23H34N2O4S. The first-order valence-electron chi connectivity index (χ1n) is 10.9. The van der Waals surface area contributed by atoms with Gasteiger partial charge in [-0.15, -0.1) is 0 Å². The molecule has 4 rings (SSSR count). The van der Waals surface area contributed by atoms with Gasteiger partial charge >= 0.3 is 0 Å². The number of thioether (sulfide) groups is 1. The van der Waals surface area contributed by atoms with Gasteiger partial charge in [0.1, 0.15) is 5.60 Å². The van der Waals surface area contributed by atoms with E-state index >= 15 is 0 Å². The lowest BCUT2D eigenvalue weighted by molar-refractivity contribution is -0.189. The van der Waals surface area contributed by atoms with E-state index in [2.05, 4.69) is 19.9 Å². The van der Waals surface area contributed by atoms with Gasteiger partial charge in [0.25, 0.3) is 0 Å². The first-order valence-corrected chi connectivity index (χ1v) is 12.3. The zero-order valence-corrected chi connectivity index (χ0v) is 19.2. The van der Waals surface area contributed by atoms with Crippen LogP contribution in [0.2, 0.25) is 0 Å². The van der Waals surface area contributed by atoms with Crippen LogP contribution in [0, 0.1) is 11.8 Å². The average Bonchev–Trinajstić information content (AvgIpc) is 2.75. The summed E-state index contributed by atoms with van der Waals surface area (Å²) >= 11 is 1.73. The molecule has 0 radical (unpaired) electrons. The van der Waals surface area contributed by atoms with Gasteiger partial charge in [-0.3, -0.25) is 4.79 Å². The van der Waals surface area contributed by atoms with Crippen LogP contribution in [0.5, 0.6) is 11.5 Å². The third kappa shape index (κ3) is 3.92. The third-order valence-corrected chi connectivity index (χ3v) is 7.61. The maximum absolute atomic E-state index is 12.8. The number of nitrogens with two attached hydrogens (primary N) is 1. The highest BCUT2D eigenvalue weighted by Crippen LogP contribution is 2.55. The second-order valence-electron chi connectivity index (χ2n) is 9.24. The number of hydrogen-bond acceptors (Lipinski definition) is 6. The van der Waals surface area contributed by atoms with Crippen molar-refractivity contribution in [3.8, 4) is 11.5 Å². The summed E-state index contributed by atoms with van der Waals surface area (Å²) in [6.07, 6.45) is 4.75. The van der Waals surface area contributed by atoms with Crippen LogP contribution in [0.3, 0.4) is 0 Å². The summed E-state index contributed by atoms with van der Waals surface area (Å²) in [5, 5.41) is 0. The molecule has 3 aliphatic rings. The van der Waals surface area contributed by atoms with Gasteiger partial charge in [-0.05, 0) is 51.2 Å². The van der Waals surface area contributed by atoms with Gasteiger partial charge in [-0.2, -0.15) is 11.8 Å². The molecule has 0 aromatic heterocycles. The standard InChI is InChI=1S/C23H34N2O4S/c1-23(2)16-12-14-13-25(22(26)17(24)9-11-30-4)10-8-18(14)28-20(16)15-6-5-7-19(27-3)21(15)29-23/h5-7,14,16-18,20H,8-13,24H2,1-4H3/t14-,16+,17+,18+,20-/m1/s1. The molecule has 5 atom stereocenters. The number of ether oxygens (including phenoxy) is 3. The predicted molar refractivity (Wildman–Crippen MR) is 119 cm³/mol. The lowest BCUT2D eigenvalue weighted by Gasteiger charge is -2.53. The molecule has 2 saturated heterocycles. The first kappa shape index (κ1) is 21.8. The molecule has 2 fully saturated rings. The summed E-state index contributed by atoms with van der Waals surface area (Å²) in [6, 6.07) is 5.63. The zero-order valence-electron chi connectivity index (χ0n) is 18.4. The van der Waals surface area contributed by atoms with Crippen LogP contribution in [0.25, 0.3) is 0 Å². The molecule has 1 amide bonds. The van der Waals surface area contributed by atoms with Gasteiger partial charge in [0.15, 0.2) is 11.5 Å². The Morgan fingerprint density at radius 2 is 2.23 bits per heavy atom. The number of hydrogen-bond donors (Lipinski definition) is 1. The molecule has 3 aliphatic heterocycles. The van der Waals surface area contributed by atoms with Gasteiger partial charge < -0.3 is 24.8 Å². The number of rotatable bonds is 5. The van der Waals surface area contributed by atoms with Crippen molar-refractivity contribution in [1.82, 2.24) is 4.90 Å². The van der Waals surface area contributed by atoms with Gasteiger partial charge in [0.2, 0.25) is 5.91 Å². The highest BCUT2D eigenvalue weighted by Gasteiger charge is 2.52. The Labute approximate surface area is 183 Å². The highest BCUT2D eigenvalue weighted by molar-refractivity contribution is 7.98. The molecule has 0 saturated carbocycles. The minimum absolute atomic E-state index is 0.00816. The van der Waals surface area contributed by atoms with Gasteiger partial charge in [0.05, 0.1) is 25.4 Å². The number of carbonyl (C=O) groups excluding carboxylic acids is 1. The first-order chi connectivity index (χ1) is 14.4. The van der Waals surface area contributed by atoms with Crippen molar-refractivity contribution in [1.29, 1.82) is 0 Å². The quantitative estimate of drug-likeness (QED) is 0.767. The van der Waals surface area contributed by atoms with Gasteiger partial charge in [0, 0.05) is 30.5 Å². The number of piperidine rings is 1. The topological polar surface area (TPSA) is 74.0 Å². The Balaban J connectivity index is 1.52. The van der Waals surface area contributed by atoms with Crippen LogP contribution < -0.4 is 15.2 Å². The van der Waals surface area contributed by atoms with Crippen LogP contribution in [-0.4, -0.2) is 60.8 Å². The largest absolute Gasteiger partial charge is 0.493 e. The van der Waals surface area contributed by atoms with E-state index in [-0.39, 0.29) is 29.6 Å². The van der Waals surface area contributed by atoms with Crippen molar-refractivity contribution in [3.05, 3.63) is 23.8 Å². The van der Waals surface area contributed by atoms with Gasteiger partial charge in [-0.1, -0.05) is 12.1 Å².